The van der Waals surface area contributed by atoms with E-state index in [1.165, 1.54) is 6.92 Å². The molecular weight excluding hydrogens is 290 g/mol. The highest BCUT2D eigenvalue weighted by Gasteiger charge is 2.25. The number of non-ortho nitro benzene ring substituents is 1. The van der Waals surface area contributed by atoms with Crippen molar-refractivity contribution in [2.75, 3.05) is 6.61 Å². The molecule has 110 valence electrons. The monoisotopic (exact) mass is 303 g/mol. The number of hydrogen-bond donors (Lipinski definition) is 0. The third-order valence-corrected chi connectivity index (χ3v) is 3.62. The quantitative estimate of drug-likeness (QED) is 0.336. The minimum absolute atomic E-state index is 0.101. The van der Waals surface area contributed by atoms with E-state index in [2.05, 4.69) is 8.92 Å². The van der Waals surface area contributed by atoms with Gasteiger partial charge in [0.15, 0.2) is 6.10 Å². The van der Waals surface area contributed by atoms with E-state index in [9.17, 15) is 23.3 Å². The fraction of sp³-hybridized carbons (Fsp3) is 0.364. The zero-order valence-corrected chi connectivity index (χ0v) is 11.6. The first-order valence-corrected chi connectivity index (χ1v) is 7.03. The van der Waals surface area contributed by atoms with E-state index in [1.54, 1.807) is 6.92 Å². The predicted molar refractivity (Wildman–Crippen MR) is 67.5 cm³/mol. The van der Waals surface area contributed by atoms with Crippen LogP contribution in [-0.2, 0) is 23.8 Å². The number of hydrogen-bond acceptors (Lipinski definition) is 7. The van der Waals surface area contributed by atoms with Crippen LogP contribution in [0.15, 0.2) is 29.2 Å². The summed E-state index contributed by atoms with van der Waals surface area (Å²) in [5, 5.41) is 10.5. The summed E-state index contributed by atoms with van der Waals surface area (Å²) in [5.74, 6) is -0.807. The van der Waals surface area contributed by atoms with E-state index in [-0.39, 0.29) is 17.2 Å². The Morgan fingerprint density at radius 3 is 2.35 bits per heavy atom. The van der Waals surface area contributed by atoms with Gasteiger partial charge in [-0.15, -0.1) is 0 Å². The van der Waals surface area contributed by atoms with Crippen molar-refractivity contribution in [3.05, 3.63) is 34.4 Å². The van der Waals surface area contributed by atoms with Crippen LogP contribution >= 0.6 is 0 Å². The van der Waals surface area contributed by atoms with Crippen LogP contribution in [0.2, 0.25) is 0 Å². The summed E-state index contributed by atoms with van der Waals surface area (Å²) in [4.78, 5) is 20.8. The van der Waals surface area contributed by atoms with Gasteiger partial charge in [-0.1, -0.05) is 0 Å². The van der Waals surface area contributed by atoms with Gasteiger partial charge in [-0.3, -0.25) is 14.3 Å². The van der Waals surface area contributed by atoms with Gasteiger partial charge >= 0.3 is 5.97 Å². The smallest absolute Gasteiger partial charge is 0.336 e. The molecule has 0 bridgehead atoms. The summed E-state index contributed by atoms with van der Waals surface area (Å²) in [6, 6.07) is 4.13. The van der Waals surface area contributed by atoms with Crippen LogP contribution in [-0.4, -0.2) is 32.0 Å². The molecule has 0 radical (unpaired) electrons. The largest absolute Gasteiger partial charge is 0.464 e. The fourth-order valence-electron chi connectivity index (χ4n) is 1.28. The standard InChI is InChI=1S/C11H13NO7S/c1-3-18-11(13)8(2)19-20(16,17)10-6-4-9(5-7-10)12(14)15/h4-8H,3H2,1-2H3. The Balaban J connectivity index is 2.88. The molecular formula is C11H13NO7S. The van der Waals surface area contributed by atoms with Crippen molar-refractivity contribution in [1.29, 1.82) is 0 Å². The molecule has 9 heteroatoms. The lowest BCUT2D eigenvalue weighted by Crippen LogP contribution is -2.26. The molecule has 8 nitrogen and oxygen atoms in total. The number of nitrogens with zero attached hydrogens (tertiary/aromatic N) is 1. The van der Waals surface area contributed by atoms with Crippen molar-refractivity contribution in [1.82, 2.24) is 0 Å². The Kier molecular flexibility index (Phi) is 5.17. The number of benzene rings is 1. The maximum Gasteiger partial charge on any atom is 0.336 e. The van der Waals surface area contributed by atoms with Crippen LogP contribution in [0.5, 0.6) is 0 Å². The lowest BCUT2D eigenvalue weighted by Gasteiger charge is -2.11. The van der Waals surface area contributed by atoms with Crippen molar-refractivity contribution in [3.8, 4) is 0 Å². The van der Waals surface area contributed by atoms with E-state index in [0.717, 1.165) is 24.3 Å². The number of carbonyl (C=O) groups excluding carboxylic acids is 1. The van der Waals surface area contributed by atoms with Gasteiger partial charge in [0.1, 0.15) is 0 Å². The van der Waals surface area contributed by atoms with E-state index < -0.39 is 27.1 Å². The van der Waals surface area contributed by atoms with Crippen molar-refractivity contribution < 1.29 is 27.1 Å². The molecule has 1 atom stereocenters. The second-order valence-electron chi connectivity index (χ2n) is 3.70. The number of nitro benzene ring substituents is 1. The van der Waals surface area contributed by atoms with Crippen LogP contribution in [0.25, 0.3) is 0 Å². The fourth-order valence-corrected chi connectivity index (χ4v) is 2.32. The predicted octanol–water partition coefficient (Wildman–Crippen LogP) is 1.25. The Labute approximate surface area is 115 Å². The van der Waals surface area contributed by atoms with Gasteiger partial charge < -0.3 is 4.74 Å². The molecule has 0 aromatic heterocycles. The van der Waals surface area contributed by atoms with E-state index >= 15 is 0 Å². The Morgan fingerprint density at radius 2 is 1.90 bits per heavy atom. The summed E-state index contributed by atoms with van der Waals surface area (Å²) < 4.78 is 32.9. The molecule has 1 unspecified atom stereocenters. The Hall–Kier alpha value is -2.00. The van der Waals surface area contributed by atoms with Gasteiger partial charge in [0, 0.05) is 12.1 Å². The van der Waals surface area contributed by atoms with Gasteiger partial charge in [-0.05, 0) is 26.0 Å². The van der Waals surface area contributed by atoms with Crippen molar-refractivity contribution >= 4 is 21.8 Å². The number of rotatable bonds is 6. The average Bonchev–Trinajstić information content (AvgIpc) is 2.38. The second-order valence-corrected chi connectivity index (χ2v) is 5.27. The van der Waals surface area contributed by atoms with Crippen LogP contribution in [0, 0.1) is 10.1 Å². The summed E-state index contributed by atoms with van der Waals surface area (Å²) >= 11 is 0. The van der Waals surface area contributed by atoms with Crippen molar-refractivity contribution in [2.24, 2.45) is 0 Å². The average molecular weight is 303 g/mol. The molecule has 0 spiro atoms. The molecule has 0 amide bonds. The third kappa shape index (κ3) is 4.00. The molecule has 0 N–H and O–H groups in total. The van der Waals surface area contributed by atoms with Crippen LogP contribution in [0.1, 0.15) is 13.8 Å². The van der Waals surface area contributed by atoms with Crippen molar-refractivity contribution in [3.63, 3.8) is 0 Å². The molecule has 1 rings (SSSR count). The molecule has 1 aromatic carbocycles. The normalized spacial score (nSPS) is 12.7. The number of nitro groups is 1. The lowest BCUT2D eigenvalue weighted by molar-refractivity contribution is -0.384. The van der Waals surface area contributed by atoms with Crippen LogP contribution in [0.4, 0.5) is 5.69 Å². The topological polar surface area (TPSA) is 113 Å². The highest BCUT2D eigenvalue weighted by molar-refractivity contribution is 7.86. The first-order valence-electron chi connectivity index (χ1n) is 5.62. The number of ether oxygens (including phenoxy) is 1. The van der Waals surface area contributed by atoms with Gasteiger partial charge in [-0.25, -0.2) is 4.79 Å². The van der Waals surface area contributed by atoms with Gasteiger partial charge in [0.2, 0.25) is 0 Å². The van der Waals surface area contributed by atoms with Gasteiger partial charge in [0.05, 0.1) is 16.4 Å². The van der Waals surface area contributed by atoms with E-state index in [0.29, 0.717) is 0 Å². The molecule has 20 heavy (non-hydrogen) atoms. The zero-order chi connectivity index (χ0) is 15.3. The summed E-state index contributed by atoms with van der Waals surface area (Å²) in [5.41, 5.74) is -0.248. The highest BCUT2D eigenvalue weighted by Crippen LogP contribution is 2.18. The Bertz CT molecular complexity index is 594. The maximum absolute atomic E-state index is 11.8. The summed E-state index contributed by atoms with van der Waals surface area (Å²) in [6.45, 7) is 2.92. The van der Waals surface area contributed by atoms with E-state index in [1.807, 2.05) is 0 Å². The Morgan fingerprint density at radius 1 is 1.35 bits per heavy atom. The summed E-state index contributed by atoms with van der Waals surface area (Å²) in [7, 11) is -4.19. The van der Waals surface area contributed by atoms with Crippen LogP contribution < -0.4 is 0 Å². The lowest BCUT2D eigenvalue weighted by atomic mass is 10.3. The molecule has 0 aliphatic rings. The number of carbonyl (C=O) groups is 1. The maximum atomic E-state index is 11.8. The van der Waals surface area contributed by atoms with E-state index in [4.69, 9.17) is 0 Å². The molecule has 0 heterocycles. The van der Waals surface area contributed by atoms with Gasteiger partial charge in [-0.2, -0.15) is 8.42 Å². The van der Waals surface area contributed by atoms with Crippen molar-refractivity contribution in [2.45, 2.75) is 24.8 Å². The second kappa shape index (κ2) is 6.44. The van der Waals surface area contributed by atoms with Crippen LogP contribution in [0.3, 0.4) is 0 Å². The minimum Gasteiger partial charge on any atom is -0.464 e. The first-order chi connectivity index (χ1) is 9.27. The minimum atomic E-state index is -4.19. The molecule has 0 aliphatic carbocycles. The zero-order valence-electron chi connectivity index (χ0n) is 10.8. The molecule has 0 saturated heterocycles. The molecule has 0 saturated carbocycles. The SMILES string of the molecule is CCOC(=O)C(C)OS(=O)(=O)c1ccc([N+](=O)[O-])cc1. The summed E-state index contributed by atoms with van der Waals surface area (Å²) in [6.07, 6.45) is -1.30. The third-order valence-electron chi connectivity index (χ3n) is 2.23. The first kappa shape index (κ1) is 16.1. The molecule has 0 aliphatic heterocycles. The number of esters is 1. The highest BCUT2D eigenvalue weighted by atomic mass is 32.2. The molecule has 0 fully saturated rings. The molecule has 1 aromatic rings. The van der Waals surface area contributed by atoms with Gasteiger partial charge in [0.25, 0.3) is 15.8 Å².